The van der Waals surface area contributed by atoms with Crippen molar-refractivity contribution in [2.24, 2.45) is 0 Å². The molecular weight excluding hydrogens is 328 g/mol. The lowest BCUT2D eigenvalue weighted by molar-refractivity contribution is 0.0687. The van der Waals surface area contributed by atoms with Gasteiger partial charge in [0, 0.05) is 0 Å². The van der Waals surface area contributed by atoms with Crippen molar-refractivity contribution >= 4 is 33.5 Å². The van der Waals surface area contributed by atoms with Crippen LogP contribution in [0.25, 0.3) is 32.7 Å². The topological polar surface area (TPSA) is 74.6 Å². The zero-order valence-corrected chi connectivity index (χ0v) is 13.6. The lowest BCUT2D eigenvalue weighted by Crippen LogP contribution is -2.01. The van der Waals surface area contributed by atoms with Crippen LogP contribution in [0.5, 0.6) is 0 Å². The standard InChI is InChI=1S/C22H14O4/c23-21(24)17-7-3-6-13-8-9-16(12-18(13)17)19-10-14-4-1-2-5-15(14)11-20(19)22(25)26/h1-12H,(H,23,24)(H,25,26). The van der Waals surface area contributed by atoms with Crippen LogP contribution < -0.4 is 0 Å². The highest BCUT2D eigenvalue weighted by atomic mass is 16.4. The van der Waals surface area contributed by atoms with E-state index in [1.165, 1.54) is 0 Å². The summed E-state index contributed by atoms with van der Waals surface area (Å²) in [5.41, 5.74) is 1.63. The van der Waals surface area contributed by atoms with E-state index in [4.69, 9.17) is 0 Å². The number of fused-ring (bicyclic) bond motifs is 2. The highest BCUT2D eigenvalue weighted by Gasteiger charge is 2.15. The Labute approximate surface area is 148 Å². The Hall–Kier alpha value is -3.66. The van der Waals surface area contributed by atoms with E-state index in [0.717, 1.165) is 16.2 Å². The van der Waals surface area contributed by atoms with E-state index in [2.05, 4.69) is 0 Å². The van der Waals surface area contributed by atoms with Gasteiger partial charge < -0.3 is 10.2 Å². The van der Waals surface area contributed by atoms with E-state index in [1.807, 2.05) is 48.5 Å². The average Bonchev–Trinajstić information content (AvgIpc) is 2.65. The van der Waals surface area contributed by atoms with Crippen molar-refractivity contribution in [3.63, 3.8) is 0 Å². The molecule has 0 saturated heterocycles. The smallest absolute Gasteiger partial charge is 0.336 e. The third kappa shape index (κ3) is 2.58. The highest BCUT2D eigenvalue weighted by molar-refractivity contribution is 6.07. The van der Waals surface area contributed by atoms with Crippen molar-refractivity contribution in [1.29, 1.82) is 0 Å². The molecule has 0 aliphatic heterocycles. The second-order valence-corrected chi connectivity index (χ2v) is 6.10. The maximum atomic E-state index is 11.8. The largest absolute Gasteiger partial charge is 0.478 e. The second kappa shape index (κ2) is 6.01. The molecule has 0 bridgehead atoms. The molecule has 0 aliphatic rings. The van der Waals surface area contributed by atoms with Gasteiger partial charge in [-0.3, -0.25) is 0 Å². The van der Waals surface area contributed by atoms with Crippen molar-refractivity contribution in [3.05, 3.63) is 83.9 Å². The molecule has 4 aromatic rings. The number of rotatable bonds is 3. The van der Waals surface area contributed by atoms with Gasteiger partial charge in [0.2, 0.25) is 0 Å². The van der Waals surface area contributed by atoms with Crippen LogP contribution in [0.3, 0.4) is 0 Å². The summed E-state index contributed by atoms with van der Waals surface area (Å²) in [7, 11) is 0. The second-order valence-electron chi connectivity index (χ2n) is 6.10. The number of carbonyl (C=O) groups is 2. The first kappa shape index (κ1) is 15.8. The van der Waals surface area contributed by atoms with Crippen LogP contribution in [0.15, 0.2) is 72.8 Å². The molecule has 26 heavy (non-hydrogen) atoms. The Morgan fingerprint density at radius 1 is 0.615 bits per heavy atom. The summed E-state index contributed by atoms with van der Waals surface area (Å²) >= 11 is 0. The molecule has 0 radical (unpaired) electrons. The van der Waals surface area contributed by atoms with Crippen molar-refractivity contribution in [3.8, 4) is 11.1 Å². The maximum Gasteiger partial charge on any atom is 0.336 e. The predicted octanol–water partition coefficient (Wildman–Crippen LogP) is 5.06. The first-order valence-electron chi connectivity index (χ1n) is 8.07. The van der Waals surface area contributed by atoms with E-state index < -0.39 is 11.9 Å². The quantitative estimate of drug-likeness (QED) is 0.546. The van der Waals surface area contributed by atoms with Crippen molar-refractivity contribution in [2.45, 2.75) is 0 Å². The molecule has 4 aromatic carbocycles. The maximum absolute atomic E-state index is 11.8. The van der Waals surface area contributed by atoms with Crippen LogP contribution in [0, 0.1) is 0 Å². The molecule has 0 saturated carbocycles. The number of carboxylic acids is 2. The fourth-order valence-corrected chi connectivity index (χ4v) is 3.28. The van der Waals surface area contributed by atoms with E-state index in [9.17, 15) is 19.8 Å². The van der Waals surface area contributed by atoms with Crippen LogP contribution in [-0.4, -0.2) is 22.2 Å². The first-order valence-corrected chi connectivity index (χ1v) is 8.07. The number of hydrogen-bond acceptors (Lipinski definition) is 2. The Kier molecular flexibility index (Phi) is 3.66. The number of benzene rings is 4. The third-order valence-electron chi connectivity index (χ3n) is 4.54. The minimum atomic E-state index is -1.02. The molecule has 0 unspecified atom stereocenters. The van der Waals surface area contributed by atoms with Gasteiger partial charge in [0.05, 0.1) is 11.1 Å². The van der Waals surface area contributed by atoms with Crippen LogP contribution in [0.4, 0.5) is 0 Å². The molecule has 4 nitrogen and oxygen atoms in total. The highest BCUT2D eigenvalue weighted by Crippen LogP contribution is 2.32. The monoisotopic (exact) mass is 342 g/mol. The lowest BCUT2D eigenvalue weighted by Gasteiger charge is -2.11. The molecule has 0 aliphatic carbocycles. The van der Waals surface area contributed by atoms with Crippen LogP contribution in [0.2, 0.25) is 0 Å². The Balaban J connectivity index is 2.03. The molecular formula is C22H14O4. The van der Waals surface area contributed by atoms with E-state index in [-0.39, 0.29) is 11.1 Å². The van der Waals surface area contributed by atoms with E-state index in [1.54, 1.807) is 24.3 Å². The molecule has 2 N–H and O–H groups in total. The van der Waals surface area contributed by atoms with Gasteiger partial charge >= 0.3 is 11.9 Å². The minimum absolute atomic E-state index is 0.191. The Morgan fingerprint density at radius 2 is 1.27 bits per heavy atom. The molecule has 4 rings (SSSR count). The summed E-state index contributed by atoms with van der Waals surface area (Å²) in [6.07, 6.45) is 0. The summed E-state index contributed by atoms with van der Waals surface area (Å²) in [6, 6.07) is 21.5. The van der Waals surface area contributed by atoms with Crippen molar-refractivity contribution in [1.82, 2.24) is 0 Å². The van der Waals surface area contributed by atoms with Crippen LogP contribution in [0.1, 0.15) is 20.7 Å². The van der Waals surface area contributed by atoms with E-state index in [0.29, 0.717) is 16.5 Å². The molecule has 126 valence electrons. The first-order chi connectivity index (χ1) is 12.5. The molecule has 0 fully saturated rings. The fourth-order valence-electron chi connectivity index (χ4n) is 3.28. The zero-order chi connectivity index (χ0) is 18.3. The van der Waals surface area contributed by atoms with Gasteiger partial charge in [-0.2, -0.15) is 0 Å². The zero-order valence-electron chi connectivity index (χ0n) is 13.6. The number of hydrogen-bond donors (Lipinski definition) is 2. The van der Waals surface area contributed by atoms with Crippen LogP contribution in [-0.2, 0) is 0 Å². The minimum Gasteiger partial charge on any atom is -0.478 e. The Bertz CT molecular complexity index is 1190. The molecule has 0 amide bonds. The summed E-state index contributed by atoms with van der Waals surface area (Å²) in [4.78, 5) is 23.3. The van der Waals surface area contributed by atoms with Gasteiger partial charge in [0.15, 0.2) is 0 Å². The molecule has 0 spiro atoms. The lowest BCUT2D eigenvalue weighted by atomic mass is 9.93. The van der Waals surface area contributed by atoms with E-state index >= 15 is 0 Å². The summed E-state index contributed by atoms with van der Waals surface area (Å²) in [6.45, 7) is 0. The normalized spacial score (nSPS) is 10.9. The van der Waals surface area contributed by atoms with Gasteiger partial charge in [-0.15, -0.1) is 0 Å². The number of aromatic carboxylic acids is 2. The Morgan fingerprint density at radius 3 is 1.96 bits per heavy atom. The predicted molar refractivity (Wildman–Crippen MR) is 101 cm³/mol. The van der Waals surface area contributed by atoms with Crippen molar-refractivity contribution in [2.75, 3.05) is 0 Å². The number of carboxylic acid groups (broad SMARTS) is 2. The van der Waals surface area contributed by atoms with Gasteiger partial charge in [-0.05, 0) is 56.9 Å². The molecule has 0 heterocycles. The van der Waals surface area contributed by atoms with Crippen LogP contribution >= 0.6 is 0 Å². The summed E-state index contributed by atoms with van der Waals surface area (Å²) in [5, 5.41) is 22.2. The van der Waals surface area contributed by atoms with Gasteiger partial charge in [-0.25, -0.2) is 9.59 Å². The van der Waals surface area contributed by atoms with Gasteiger partial charge in [0.1, 0.15) is 0 Å². The molecule has 0 atom stereocenters. The van der Waals surface area contributed by atoms with Crippen molar-refractivity contribution < 1.29 is 19.8 Å². The molecule has 4 heteroatoms. The van der Waals surface area contributed by atoms with Gasteiger partial charge in [-0.1, -0.05) is 48.5 Å². The SMILES string of the molecule is O=C(O)c1cc2ccccc2cc1-c1ccc2cccc(C(=O)O)c2c1. The molecule has 0 aromatic heterocycles. The third-order valence-corrected chi connectivity index (χ3v) is 4.54. The van der Waals surface area contributed by atoms with Gasteiger partial charge in [0.25, 0.3) is 0 Å². The fraction of sp³-hybridized carbons (Fsp3) is 0. The average molecular weight is 342 g/mol. The summed E-state index contributed by atoms with van der Waals surface area (Å²) in [5.74, 6) is -2.03. The summed E-state index contributed by atoms with van der Waals surface area (Å²) < 4.78 is 0.